The Labute approximate surface area is 299 Å². The van der Waals surface area contributed by atoms with Crippen LogP contribution in [0, 0.1) is 23.5 Å². The Hall–Kier alpha value is -4.76. The van der Waals surface area contributed by atoms with Crippen LogP contribution in [0.25, 0.3) is 16.9 Å². The lowest BCUT2D eigenvalue weighted by atomic mass is 9.93. The van der Waals surface area contributed by atoms with Gasteiger partial charge in [0.1, 0.15) is 0 Å². The van der Waals surface area contributed by atoms with Gasteiger partial charge in [-0.05, 0) is 55.2 Å². The predicted molar refractivity (Wildman–Crippen MR) is 186 cm³/mol. The second-order valence-electron chi connectivity index (χ2n) is 14.2. The Morgan fingerprint density at radius 1 is 1.02 bits per heavy atom. The van der Waals surface area contributed by atoms with Gasteiger partial charge in [0.2, 0.25) is 11.7 Å². The third-order valence-electron chi connectivity index (χ3n) is 10.8. The van der Waals surface area contributed by atoms with Crippen LogP contribution in [0.5, 0.6) is 5.75 Å². The van der Waals surface area contributed by atoms with Gasteiger partial charge in [-0.15, -0.1) is 0 Å². The van der Waals surface area contributed by atoms with Crippen LogP contribution in [0.15, 0.2) is 48.9 Å². The number of nitrogens with one attached hydrogen (secondary N) is 2. The maximum absolute atomic E-state index is 14.9. The molecule has 0 radical (unpaired) electrons. The molecule has 2 N–H and O–H groups in total. The Morgan fingerprint density at radius 2 is 1.77 bits per heavy atom. The van der Waals surface area contributed by atoms with Gasteiger partial charge in [0.05, 0.1) is 51.7 Å². The predicted octanol–water partition coefficient (Wildman–Crippen LogP) is 4.94. The summed E-state index contributed by atoms with van der Waals surface area (Å²) < 4.78 is 61.3. The maximum Gasteiger partial charge on any atom is 0.387 e. The largest absolute Gasteiger partial charge is 0.432 e. The van der Waals surface area contributed by atoms with Crippen molar-refractivity contribution in [3.63, 3.8) is 0 Å². The highest BCUT2D eigenvalue weighted by Crippen LogP contribution is 2.33. The number of carbonyl (C=O) groups excluding carboxylic acids is 2. The Bertz CT molecular complexity index is 1950. The number of carbonyl (C=O) groups is 2. The van der Waals surface area contributed by atoms with Crippen molar-refractivity contribution in [3.05, 3.63) is 71.7 Å². The van der Waals surface area contributed by atoms with Gasteiger partial charge in [-0.25, -0.2) is 14.4 Å². The molecular weight excluding hydrogens is 680 g/mol. The molecule has 0 bridgehead atoms. The van der Waals surface area contributed by atoms with Gasteiger partial charge in [0.25, 0.3) is 5.91 Å². The number of benzene rings is 2. The van der Waals surface area contributed by atoms with Gasteiger partial charge in [-0.1, -0.05) is 6.92 Å². The summed E-state index contributed by atoms with van der Waals surface area (Å²) in [4.78, 5) is 39.8. The van der Waals surface area contributed by atoms with E-state index in [9.17, 15) is 27.2 Å². The molecule has 0 aliphatic carbocycles. The zero-order chi connectivity index (χ0) is 36.6. The third kappa shape index (κ3) is 7.16. The average Bonchev–Trinajstić information content (AvgIpc) is 3.56. The SMILES string of the molecule is CCc1cc(Nc2nccn3c(-c4ccc(OC(F)F)c(F)c4F)cnc23)ccc1C(=O)N1CCC(C(=O)N2CC[N+](C)(CC3CNC3)CC2)CC1. The van der Waals surface area contributed by atoms with E-state index in [0.29, 0.717) is 55.1 Å². The molecule has 15 heteroatoms. The lowest BCUT2D eigenvalue weighted by Gasteiger charge is -2.46. The molecule has 0 spiro atoms. The van der Waals surface area contributed by atoms with Crippen LogP contribution in [0.2, 0.25) is 0 Å². The number of rotatable bonds is 10. The topological polar surface area (TPSA) is 104 Å². The van der Waals surface area contributed by atoms with Crippen molar-refractivity contribution in [2.75, 3.05) is 71.3 Å². The Morgan fingerprint density at radius 3 is 2.44 bits per heavy atom. The second-order valence-corrected chi connectivity index (χ2v) is 14.2. The molecule has 2 aromatic carbocycles. The first-order valence-electron chi connectivity index (χ1n) is 17.8. The van der Waals surface area contributed by atoms with Gasteiger partial charge in [0, 0.05) is 67.2 Å². The van der Waals surface area contributed by atoms with E-state index in [4.69, 9.17) is 0 Å². The smallest absolute Gasteiger partial charge is 0.387 e. The number of alkyl halides is 2. The van der Waals surface area contributed by atoms with E-state index >= 15 is 0 Å². The highest BCUT2D eigenvalue weighted by molar-refractivity contribution is 5.96. The van der Waals surface area contributed by atoms with Crippen LogP contribution in [0.4, 0.5) is 29.1 Å². The van der Waals surface area contributed by atoms with Crippen molar-refractivity contribution in [1.82, 2.24) is 29.5 Å². The van der Waals surface area contributed by atoms with Crippen LogP contribution in [-0.2, 0) is 11.2 Å². The first-order valence-corrected chi connectivity index (χ1v) is 17.8. The standard InChI is InChI=1S/C37H42F4N8O3/c1-3-24-18-26(45-33-34-44-21-29(48(34)13-10-43-33)28-6-7-30(52-37(40)41)32(39)31(28)38)4-5-27(24)36(51)46-11-8-25(9-12-46)35(50)47-14-16-49(2,17-15-47)22-23-19-42-20-23/h4-7,10,13,18,21,23,25,37,42H,3,8-9,11-12,14-17,19-20,22H2,1-2H3/p+1. The molecule has 3 aliphatic heterocycles. The number of imidazole rings is 1. The first kappa shape index (κ1) is 35.6. The van der Waals surface area contributed by atoms with Crippen LogP contribution in [0.1, 0.15) is 35.7 Å². The van der Waals surface area contributed by atoms with Crippen molar-refractivity contribution < 1.29 is 36.4 Å². The summed E-state index contributed by atoms with van der Waals surface area (Å²) in [6.45, 7) is 6.61. The minimum Gasteiger partial charge on any atom is -0.432 e. The van der Waals surface area contributed by atoms with Crippen LogP contribution < -0.4 is 15.4 Å². The molecule has 3 saturated heterocycles. The van der Waals surface area contributed by atoms with E-state index in [-0.39, 0.29) is 29.0 Å². The van der Waals surface area contributed by atoms with Crippen LogP contribution in [-0.4, -0.2) is 113 Å². The lowest BCUT2D eigenvalue weighted by molar-refractivity contribution is -0.916. The molecule has 2 amide bonds. The molecule has 0 unspecified atom stereocenters. The van der Waals surface area contributed by atoms with Crippen molar-refractivity contribution in [1.29, 1.82) is 0 Å². The monoisotopic (exact) mass is 723 g/mol. The van der Waals surface area contributed by atoms with Gasteiger partial charge in [-0.3, -0.25) is 14.0 Å². The number of ether oxygens (including phenoxy) is 1. The zero-order valence-electron chi connectivity index (χ0n) is 29.3. The number of halogens is 4. The number of hydrogen-bond acceptors (Lipinski definition) is 7. The number of nitrogens with zero attached hydrogens (tertiary/aromatic N) is 6. The van der Waals surface area contributed by atoms with Crippen molar-refractivity contribution in [3.8, 4) is 17.0 Å². The minimum absolute atomic E-state index is 0.0665. The van der Waals surface area contributed by atoms with E-state index in [1.54, 1.807) is 12.1 Å². The fourth-order valence-corrected chi connectivity index (χ4v) is 7.64. The van der Waals surface area contributed by atoms with Crippen molar-refractivity contribution >= 4 is 29.0 Å². The summed E-state index contributed by atoms with van der Waals surface area (Å²) >= 11 is 0. The Kier molecular flexibility index (Phi) is 10.1. The molecule has 3 fully saturated rings. The number of piperidine rings is 1. The molecule has 3 aliphatic rings. The summed E-state index contributed by atoms with van der Waals surface area (Å²) in [7, 11) is 2.31. The Balaban J connectivity index is 0.988. The number of piperazine rings is 1. The number of quaternary nitrogens is 1. The number of amides is 2. The number of hydrogen-bond donors (Lipinski definition) is 2. The van der Waals surface area contributed by atoms with Crippen LogP contribution >= 0.6 is 0 Å². The lowest BCUT2D eigenvalue weighted by Crippen LogP contribution is -2.63. The minimum atomic E-state index is -3.30. The molecular formula is C37H43F4N8O3+. The molecule has 2 aromatic heterocycles. The van der Waals surface area contributed by atoms with E-state index in [0.717, 1.165) is 67.4 Å². The summed E-state index contributed by atoms with van der Waals surface area (Å²) in [5.74, 6) is -2.63. The van der Waals surface area contributed by atoms with E-state index in [1.807, 2.05) is 22.8 Å². The number of likely N-dealkylation sites (tertiary alicyclic amines) is 1. The quantitative estimate of drug-likeness (QED) is 0.177. The highest BCUT2D eigenvalue weighted by atomic mass is 19.3. The molecule has 7 rings (SSSR count). The number of anilines is 2. The van der Waals surface area contributed by atoms with Gasteiger partial charge in [-0.2, -0.15) is 13.2 Å². The number of aryl methyl sites for hydroxylation is 1. The number of likely N-dealkylation sites (N-methyl/N-ethyl adjacent to an activating group) is 1. The summed E-state index contributed by atoms with van der Waals surface area (Å²) in [6.07, 6.45) is 6.21. The normalized spacial score (nSPS) is 18.1. The van der Waals surface area contributed by atoms with E-state index in [2.05, 4.69) is 32.4 Å². The van der Waals surface area contributed by atoms with E-state index < -0.39 is 24.0 Å². The van der Waals surface area contributed by atoms with Crippen molar-refractivity contribution in [2.45, 2.75) is 32.8 Å². The van der Waals surface area contributed by atoms with Crippen LogP contribution in [0.3, 0.4) is 0 Å². The zero-order valence-corrected chi connectivity index (χ0v) is 29.3. The fraction of sp³-hybridized carbons (Fsp3) is 0.459. The molecule has 0 saturated carbocycles. The molecule has 52 heavy (non-hydrogen) atoms. The summed E-state index contributed by atoms with van der Waals surface area (Å²) in [6, 6.07) is 7.52. The average molecular weight is 724 g/mol. The highest BCUT2D eigenvalue weighted by Gasteiger charge is 2.37. The second kappa shape index (κ2) is 14.7. The number of fused-ring (bicyclic) bond motifs is 1. The number of aromatic nitrogens is 3. The molecule has 11 nitrogen and oxygen atoms in total. The summed E-state index contributed by atoms with van der Waals surface area (Å²) in [5, 5.41) is 6.57. The maximum atomic E-state index is 14.9. The fourth-order valence-electron chi connectivity index (χ4n) is 7.64. The molecule has 276 valence electrons. The third-order valence-corrected chi connectivity index (χ3v) is 10.8. The van der Waals surface area contributed by atoms with Gasteiger partial charge < -0.3 is 29.7 Å². The molecule has 0 atom stereocenters. The van der Waals surface area contributed by atoms with E-state index in [1.165, 1.54) is 29.5 Å². The molecule has 5 heterocycles. The first-order chi connectivity index (χ1) is 25.0. The van der Waals surface area contributed by atoms with Crippen molar-refractivity contribution in [2.24, 2.45) is 11.8 Å². The summed E-state index contributed by atoms with van der Waals surface area (Å²) in [5.41, 5.74) is 2.37. The van der Waals surface area contributed by atoms with Gasteiger partial charge >= 0.3 is 6.61 Å². The molecule has 4 aromatic rings. The van der Waals surface area contributed by atoms with Gasteiger partial charge in [0.15, 0.2) is 23.0 Å².